The van der Waals surface area contributed by atoms with Gasteiger partial charge in [0.05, 0.1) is 0 Å². The summed E-state index contributed by atoms with van der Waals surface area (Å²) < 4.78 is 0. The van der Waals surface area contributed by atoms with E-state index in [1.165, 1.54) is 116 Å². The third-order valence-corrected chi connectivity index (χ3v) is 8.75. The highest BCUT2D eigenvalue weighted by molar-refractivity contribution is 5.11. The molecule has 0 amide bonds. The highest BCUT2D eigenvalue weighted by atomic mass is 15.3. The van der Waals surface area contributed by atoms with Crippen LogP contribution in [0.25, 0.3) is 0 Å². The Hall–Kier alpha value is -0.0400. The Labute approximate surface area is 158 Å². The Bertz CT molecular complexity index is 333. The fourth-order valence-electron chi connectivity index (χ4n) is 7.34. The van der Waals surface area contributed by atoms with E-state index >= 15 is 0 Å². The SMILES string of the molecule is CCC1(N(C2(CC)CCCCC2)C2(CC)CCCCC2)CCCCC1. The van der Waals surface area contributed by atoms with Crippen molar-refractivity contribution in [3.8, 4) is 0 Å². The van der Waals surface area contributed by atoms with Crippen molar-refractivity contribution in [2.45, 2.75) is 153 Å². The van der Waals surface area contributed by atoms with Crippen molar-refractivity contribution >= 4 is 0 Å². The maximum absolute atomic E-state index is 3.31. The molecule has 3 rings (SSSR count). The van der Waals surface area contributed by atoms with Crippen LogP contribution in [0.3, 0.4) is 0 Å². The van der Waals surface area contributed by atoms with E-state index in [9.17, 15) is 0 Å². The van der Waals surface area contributed by atoms with Crippen molar-refractivity contribution < 1.29 is 0 Å². The van der Waals surface area contributed by atoms with Crippen LogP contribution >= 0.6 is 0 Å². The number of nitrogens with zero attached hydrogens (tertiary/aromatic N) is 1. The first-order valence-electron chi connectivity index (χ1n) is 12.0. The van der Waals surface area contributed by atoms with Gasteiger partial charge in [0.1, 0.15) is 0 Å². The first kappa shape index (κ1) is 19.7. The summed E-state index contributed by atoms with van der Waals surface area (Å²) >= 11 is 0. The van der Waals surface area contributed by atoms with Gasteiger partial charge in [-0.3, -0.25) is 4.90 Å². The molecular formula is C24H45N. The van der Waals surface area contributed by atoms with Gasteiger partial charge in [0.25, 0.3) is 0 Å². The summed E-state index contributed by atoms with van der Waals surface area (Å²) in [5.74, 6) is 0. The van der Waals surface area contributed by atoms with Crippen LogP contribution in [-0.2, 0) is 0 Å². The van der Waals surface area contributed by atoms with Crippen LogP contribution in [-0.4, -0.2) is 21.5 Å². The van der Waals surface area contributed by atoms with Crippen LogP contribution in [0.15, 0.2) is 0 Å². The fraction of sp³-hybridized carbons (Fsp3) is 1.00. The lowest BCUT2D eigenvalue weighted by Gasteiger charge is -2.65. The van der Waals surface area contributed by atoms with Gasteiger partial charge in [0, 0.05) is 16.6 Å². The number of hydrogen-bond donors (Lipinski definition) is 0. The maximum Gasteiger partial charge on any atom is 0.0218 e. The zero-order valence-electron chi connectivity index (χ0n) is 17.7. The standard InChI is InChI=1S/C24H45N/c1-4-22(16-10-7-11-17-22)25(23(5-2)18-12-8-13-19-23)24(6-3)20-14-9-15-21-24/h4-21H2,1-3H3. The summed E-state index contributed by atoms with van der Waals surface area (Å²) in [6.45, 7) is 7.57. The van der Waals surface area contributed by atoms with Crippen LogP contribution < -0.4 is 0 Å². The van der Waals surface area contributed by atoms with E-state index in [-0.39, 0.29) is 0 Å². The molecule has 146 valence electrons. The van der Waals surface area contributed by atoms with Gasteiger partial charge in [0.15, 0.2) is 0 Å². The van der Waals surface area contributed by atoms with Gasteiger partial charge in [-0.05, 0) is 57.8 Å². The Morgan fingerprint density at radius 1 is 0.440 bits per heavy atom. The van der Waals surface area contributed by atoms with Gasteiger partial charge in [-0.2, -0.15) is 0 Å². The Morgan fingerprint density at radius 3 is 0.880 bits per heavy atom. The average Bonchev–Trinajstić information content (AvgIpc) is 2.70. The van der Waals surface area contributed by atoms with Crippen molar-refractivity contribution in [3.63, 3.8) is 0 Å². The van der Waals surface area contributed by atoms with Crippen molar-refractivity contribution in [2.24, 2.45) is 0 Å². The monoisotopic (exact) mass is 347 g/mol. The maximum atomic E-state index is 3.31. The first-order chi connectivity index (χ1) is 12.2. The molecule has 0 saturated heterocycles. The van der Waals surface area contributed by atoms with Crippen LogP contribution in [0, 0.1) is 0 Å². The third kappa shape index (κ3) is 3.56. The summed E-state index contributed by atoms with van der Waals surface area (Å²) in [5, 5.41) is 0. The van der Waals surface area contributed by atoms with Gasteiger partial charge < -0.3 is 0 Å². The lowest BCUT2D eigenvalue weighted by atomic mass is 9.64. The molecule has 3 aliphatic carbocycles. The molecular weight excluding hydrogens is 302 g/mol. The number of hydrogen-bond acceptors (Lipinski definition) is 1. The molecule has 0 aromatic carbocycles. The third-order valence-electron chi connectivity index (χ3n) is 8.75. The van der Waals surface area contributed by atoms with Crippen molar-refractivity contribution in [2.75, 3.05) is 0 Å². The zero-order chi connectivity index (χ0) is 17.8. The normalized spacial score (nSPS) is 28.8. The smallest absolute Gasteiger partial charge is 0.0218 e. The minimum absolute atomic E-state index is 0.513. The molecule has 0 unspecified atom stereocenters. The zero-order valence-corrected chi connectivity index (χ0v) is 17.7. The number of rotatable bonds is 6. The van der Waals surface area contributed by atoms with E-state index in [4.69, 9.17) is 0 Å². The summed E-state index contributed by atoms with van der Waals surface area (Å²) in [6, 6.07) is 0. The van der Waals surface area contributed by atoms with Crippen molar-refractivity contribution in [1.82, 2.24) is 4.90 Å². The Morgan fingerprint density at radius 2 is 0.680 bits per heavy atom. The molecule has 0 spiro atoms. The Kier molecular flexibility index (Phi) is 6.56. The molecule has 0 aliphatic heterocycles. The molecule has 0 radical (unpaired) electrons. The van der Waals surface area contributed by atoms with Gasteiger partial charge in [-0.15, -0.1) is 0 Å². The second kappa shape index (κ2) is 8.32. The van der Waals surface area contributed by atoms with E-state index < -0.39 is 0 Å². The van der Waals surface area contributed by atoms with E-state index in [1.807, 2.05) is 0 Å². The first-order valence-corrected chi connectivity index (χ1v) is 12.0. The van der Waals surface area contributed by atoms with Gasteiger partial charge >= 0.3 is 0 Å². The van der Waals surface area contributed by atoms with Crippen LogP contribution in [0.4, 0.5) is 0 Å². The van der Waals surface area contributed by atoms with Gasteiger partial charge in [-0.25, -0.2) is 0 Å². The predicted octanol–water partition coefficient (Wildman–Crippen LogP) is 7.63. The van der Waals surface area contributed by atoms with Crippen LogP contribution in [0.2, 0.25) is 0 Å². The molecule has 3 aliphatic rings. The van der Waals surface area contributed by atoms with Gasteiger partial charge in [0.2, 0.25) is 0 Å². The molecule has 25 heavy (non-hydrogen) atoms. The van der Waals surface area contributed by atoms with E-state index in [2.05, 4.69) is 25.7 Å². The molecule has 0 bridgehead atoms. The summed E-state index contributed by atoms with van der Waals surface area (Å²) in [4.78, 5) is 3.31. The molecule has 0 aromatic rings. The minimum atomic E-state index is 0.513. The molecule has 3 fully saturated rings. The Balaban J connectivity index is 2.06. The predicted molar refractivity (Wildman–Crippen MR) is 110 cm³/mol. The van der Waals surface area contributed by atoms with E-state index in [0.29, 0.717) is 16.6 Å². The van der Waals surface area contributed by atoms with E-state index in [1.54, 1.807) is 0 Å². The lowest BCUT2D eigenvalue weighted by Crippen LogP contribution is -2.70. The average molecular weight is 348 g/mol. The summed E-state index contributed by atoms with van der Waals surface area (Å²) in [5.41, 5.74) is 1.54. The molecule has 1 nitrogen and oxygen atoms in total. The lowest BCUT2D eigenvalue weighted by molar-refractivity contribution is -0.151. The van der Waals surface area contributed by atoms with Crippen molar-refractivity contribution in [3.05, 3.63) is 0 Å². The highest BCUT2D eigenvalue weighted by Gasteiger charge is 2.55. The molecule has 0 atom stereocenters. The quantitative estimate of drug-likeness (QED) is 0.477. The molecule has 0 N–H and O–H groups in total. The van der Waals surface area contributed by atoms with Crippen LogP contribution in [0.1, 0.15) is 136 Å². The molecule has 3 saturated carbocycles. The van der Waals surface area contributed by atoms with E-state index in [0.717, 1.165) is 0 Å². The second-order valence-corrected chi connectivity index (χ2v) is 9.75. The highest BCUT2D eigenvalue weighted by Crippen LogP contribution is 2.54. The molecule has 0 aromatic heterocycles. The fourth-order valence-corrected chi connectivity index (χ4v) is 7.34. The van der Waals surface area contributed by atoms with Crippen LogP contribution in [0.5, 0.6) is 0 Å². The molecule has 1 heteroatoms. The summed E-state index contributed by atoms with van der Waals surface area (Å²) in [7, 11) is 0. The largest absolute Gasteiger partial charge is 0.286 e. The van der Waals surface area contributed by atoms with Gasteiger partial charge in [-0.1, -0.05) is 78.6 Å². The minimum Gasteiger partial charge on any atom is -0.286 e. The van der Waals surface area contributed by atoms with Crippen molar-refractivity contribution in [1.29, 1.82) is 0 Å². The second-order valence-electron chi connectivity index (χ2n) is 9.75. The topological polar surface area (TPSA) is 3.24 Å². The summed E-state index contributed by atoms with van der Waals surface area (Å²) in [6.07, 6.45) is 26.3. The molecule has 0 heterocycles.